The zero-order chi connectivity index (χ0) is 14.9. The molecule has 0 N–H and O–H groups in total. The lowest BCUT2D eigenvalue weighted by Gasteiger charge is -2.17. The summed E-state index contributed by atoms with van der Waals surface area (Å²) in [5, 5.41) is 0. The maximum atomic E-state index is 11.4. The van der Waals surface area contributed by atoms with Crippen molar-refractivity contribution in [2.45, 2.75) is 92.1 Å². The third kappa shape index (κ3) is 15.4. The number of rotatable bonds is 8. The van der Waals surface area contributed by atoms with Gasteiger partial charge in [0.25, 0.3) is 0 Å². The number of unbranched alkanes of at least 4 members (excludes halogenated alkanes) is 4. The highest BCUT2D eigenvalue weighted by Gasteiger charge is 2.15. The Labute approximate surface area is 119 Å². The van der Waals surface area contributed by atoms with Crippen LogP contribution in [0.1, 0.15) is 86.5 Å². The maximum Gasteiger partial charge on any atom is 0.342 e. The highest BCUT2D eigenvalue weighted by Crippen LogP contribution is 2.22. The summed E-state index contributed by atoms with van der Waals surface area (Å²) in [5.74, 6) is -0.260. The lowest BCUT2D eigenvalue weighted by molar-refractivity contribution is -0.320. The maximum absolute atomic E-state index is 11.4. The molecule has 0 aromatic heterocycles. The van der Waals surface area contributed by atoms with Crippen LogP contribution in [0.15, 0.2) is 0 Å². The summed E-state index contributed by atoms with van der Waals surface area (Å²) in [5.41, 5.74) is 0.0106. The Morgan fingerprint density at radius 2 is 1.37 bits per heavy atom. The molecule has 0 aliphatic rings. The highest BCUT2D eigenvalue weighted by atomic mass is 17.2. The van der Waals surface area contributed by atoms with Crippen LogP contribution in [-0.2, 0) is 14.6 Å². The van der Waals surface area contributed by atoms with E-state index in [-0.39, 0.29) is 5.97 Å². The Bertz CT molecular complexity index is 246. The summed E-state index contributed by atoms with van der Waals surface area (Å²) in [6.07, 6.45) is 7.44. The molecule has 0 aromatic carbocycles. The molecule has 0 fully saturated rings. The van der Waals surface area contributed by atoms with Crippen LogP contribution >= 0.6 is 0 Å². The summed E-state index contributed by atoms with van der Waals surface area (Å²) < 4.78 is 0. The predicted octanol–water partition coefficient (Wildman–Crippen LogP) is 5.04. The molecule has 0 aliphatic heterocycles. The van der Waals surface area contributed by atoms with Crippen LogP contribution in [0.5, 0.6) is 0 Å². The van der Waals surface area contributed by atoms with Crippen molar-refractivity contribution in [1.82, 2.24) is 0 Å². The molecule has 3 heteroatoms. The van der Waals surface area contributed by atoms with Gasteiger partial charge in [0.1, 0.15) is 5.60 Å². The molecule has 0 spiro atoms. The molecule has 0 heterocycles. The molecule has 114 valence electrons. The largest absolute Gasteiger partial charge is 0.342 e. The van der Waals surface area contributed by atoms with E-state index in [1.165, 1.54) is 25.7 Å². The molecule has 0 bridgehead atoms. The Kier molecular flexibility index (Phi) is 8.31. The second-order valence-electron chi connectivity index (χ2n) is 7.48. The van der Waals surface area contributed by atoms with E-state index >= 15 is 0 Å². The average Bonchev–Trinajstić information content (AvgIpc) is 2.22. The molecule has 19 heavy (non-hydrogen) atoms. The zero-order valence-corrected chi connectivity index (χ0v) is 13.7. The minimum Gasteiger partial charge on any atom is -0.298 e. The van der Waals surface area contributed by atoms with Crippen LogP contribution in [0.25, 0.3) is 0 Å². The Hall–Kier alpha value is -0.570. The number of hydrogen-bond acceptors (Lipinski definition) is 3. The first-order valence-electron chi connectivity index (χ1n) is 7.49. The molecule has 0 aliphatic carbocycles. The van der Waals surface area contributed by atoms with Crippen LogP contribution < -0.4 is 0 Å². The van der Waals surface area contributed by atoms with Gasteiger partial charge in [0, 0.05) is 6.42 Å². The van der Waals surface area contributed by atoms with Gasteiger partial charge in [-0.2, -0.15) is 4.89 Å². The molecule has 0 amide bonds. The van der Waals surface area contributed by atoms with Crippen molar-refractivity contribution < 1.29 is 14.6 Å². The van der Waals surface area contributed by atoms with Gasteiger partial charge in [-0.15, -0.1) is 0 Å². The SMILES string of the molecule is CC(C)(C)CCCCCCCC(=O)OOC(C)(C)C. The fourth-order valence-corrected chi connectivity index (χ4v) is 1.67. The van der Waals surface area contributed by atoms with E-state index in [9.17, 15) is 4.79 Å². The van der Waals surface area contributed by atoms with Crippen LogP contribution in [0.4, 0.5) is 0 Å². The summed E-state index contributed by atoms with van der Waals surface area (Å²) in [4.78, 5) is 21.1. The summed E-state index contributed by atoms with van der Waals surface area (Å²) in [6, 6.07) is 0. The van der Waals surface area contributed by atoms with Crippen LogP contribution in [0.3, 0.4) is 0 Å². The van der Waals surface area contributed by atoms with Crippen molar-refractivity contribution in [2.75, 3.05) is 0 Å². The monoisotopic (exact) mass is 272 g/mol. The first-order valence-corrected chi connectivity index (χ1v) is 7.49. The molecule has 0 unspecified atom stereocenters. The fraction of sp³-hybridized carbons (Fsp3) is 0.938. The lowest BCUT2D eigenvalue weighted by atomic mass is 9.89. The van der Waals surface area contributed by atoms with E-state index < -0.39 is 5.60 Å². The van der Waals surface area contributed by atoms with Crippen molar-refractivity contribution in [2.24, 2.45) is 5.41 Å². The molecular weight excluding hydrogens is 240 g/mol. The normalized spacial score (nSPS) is 12.5. The van der Waals surface area contributed by atoms with Gasteiger partial charge in [-0.25, -0.2) is 4.79 Å². The average molecular weight is 272 g/mol. The summed E-state index contributed by atoms with van der Waals surface area (Å²) in [7, 11) is 0. The molecule has 0 aromatic rings. The molecule has 0 rings (SSSR count). The quantitative estimate of drug-likeness (QED) is 0.353. The molecule has 0 radical (unpaired) electrons. The van der Waals surface area contributed by atoms with Gasteiger partial charge in [-0.1, -0.05) is 46.5 Å². The standard InChI is InChI=1S/C16H32O3/c1-15(2,3)13-11-9-7-8-10-12-14(17)18-19-16(4,5)6/h7-13H2,1-6H3. The van der Waals surface area contributed by atoms with Gasteiger partial charge in [0.05, 0.1) is 0 Å². The van der Waals surface area contributed by atoms with Crippen molar-refractivity contribution in [1.29, 1.82) is 0 Å². The summed E-state index contributed by atoms with van der Waals surface area (Å²) in [6.45, 7) is 12.4. The van der Waals surface area contributed by atoms with Crippen molar-refractivity contribution in [3.8, 4) is 0 Å². The van der Waals surface area contributed by atoms with Gasteiger partial charge >= 0.3 is 5.97 Å². The fourth-order valence-electron chi connectivity index (χ4n) is 1.67. The number of carbonyl (C=O) groups excluding carboxylic acids is 1. The van der Waals surface area contributed by atoms with E-state index in [1.54, 1.807) is 0 Å². The van der Waals surface area contributed by atoms with E-state index in [2.05, 4.69) is 20.8 Å². The van der Waals surface area contributed by atoms with E-state index in [0.29, 0.717) is 11.8 Å². The van der Waals surface area contributed by atoms with E-state index in [4.69, 9.17) is 9.78 Å². The second kappa shape index (κ2) is 8.57. The third-order valence-corrected chi connectivity index (χ3v) is 2.69. The van der Waals surface area contributed by atoms with Gasteiger partial charge in [-0.3, -0.25) is 4.89 Å². The highest BCUT2D eigenvalue weighted by molar-refractivity contribution is 5.68. The first kappa shape index (κ1) is 18.4. The predicted molar refractivity (Wildman–Crippen MR) is 78.7 cm³/mol. The second-order valence-corrected chi connectivity index (χ2v) is 7.48. The van der Waals surface area contributed by atoms with Crippen LogP contribution in [0.2, 0.25) is 0 Å². The van der Waals surface area contributed by atoms with Crippen LogP contribution in [0, 0.1) is 5.41 Å². The molecule has 3 nitrogen and oxygen atoms in total. The van der Waals surface area contributed by atoms with E-state index in [1.807, 2.05) is 20.8 Å². The van der Waals surface area contributed by atoms with Gasteiger partial charge in [-0.05, 0) is 39.0 Å². The van der Waals surface area contributed by atoms with Crippen molar-refractivity contribution in [3.05, 3.63) is 0 Å². The lowest BCUT2D eigenvalue weighted by Crippen LogP contribution is -2.21. The van der Waals surface area contributed by atoms with Crippen molar-refractivity contribution in [3.63, 3.8) is 0 Å². The number of hydrogen-bond donors (Lipinski definition) is 0. The Morgan fingerprint density at radius 1 is 0.842 bits per heavy atom. The van der Waals surface area contributed by atoms with Gasteiger partial charge in [0.15, 0.2) is 0 Å². The van der Waals surface area contributed by atoms with Gasteiger partial charge < -0.3 is 0 Å². The minimum absolute atomic E-state index is 0.260. The zero-order valence-electron chi connectivity index (χ0n) is 13.7. The Balaban J connectivity index is 3.37. The third-order valence-electron chi connectivity index (χ3n) is 2.69. The minimum atomic E-state index is -0.428. The Morgan fingerprint density at radius 3 is 1.89 bits per heavy atom. The van der Waals surface area contributed by atoms with E-state index in [0.717, 1.165) is 12.8 Å². The summed E-state index contributed by atoms with van der Waals surface area (Å²) >= 11 is 0. The van der Waals surface area contributed by atoms with Gasteiger partial charge in [0.2, 0.25) is 0 Å². The topological polar surface area (TPSA) is 35.5 Å². The smallest absolute Gasteiger partial charge is 0.298 e. The molecule has 0 atom stereocenters. The van der Waals surface area contributed by atoms with Crippen molar-refractivity contribution >= 4 is 5.97 Å². The molecule has 0 saturated carbocycles. The van der Waals surface area contributed by atoms with Crippen LogP contribution in [-0.4, -0.2) is 11.6 Å². The molecular formula is C16H32O3. The molecule has 0 saturated heterocycles. The first-order chi connectivity index (χ1) is 8.60. The number of carbonyl (C=O) groups is 1.